The summed E-state index contributed by atoms with van der Waals surface area (Å²) in [6.45, 7) is 5.36. The lowest BCUT2D eigenvalue weighted by molar-refractivity contribution is -0.144. The maximum absolute atomic E-state index is 11.9. The van der Waals surface area contributed by atoms with Crippen LogP contribution in [0.15, 0.2) is 16.2 Å². The molecule has 0 unspecified atom stereocenters. The minimum Gasteiger partial charge on any atom is -0.465 e. The predicted octanol–water partition coefficient (Wildman–Crippen LogP) is 1.37. The van der Waals surface area contributed by atoms with Gasteiger partial charge in [-0.15, -0.1) is 11.3 Å². The van der Waals surface area contributed by atoms with Crippen molar-refractivity contribution in [2.75, 3.05) is 19.7 Å². The van der Waals surface area contributed by atoms with Crippen LogP contribution in [0.25, 0.3) is 10.2 Å². The van der Waals surface area contributed by atoms with E-state index in [0.717, 1.165) is 0 Å². The molecule has 0 aromatic carbocycles. The molecule has 0 fully saturated rings. The summed E-state index contributed by atoms with van der Waals surface area (Å²) in [6, 6.07) is 1.82. The van der Waals surface area contributed by atoms with E-state index in [1.54, 1.807) is 6.92 Å². The number of nitrogens with zero attached hydrogens (tertiary/aromatic N) is 2. The van der Waals surface area contributed by atoms with Crippen LogP contribution in [0.2, 0.25) is 0 Å². The molecule has 6 nitrogen and oxygen atoms in total. The van der Waals surface area contributed by atoms with Crippen molar-refractivity contribution >= 4 is 27.5 Å². The molecule has 0 aliphatic rings. The van der Waals surface area contributed by atoms with Crippen LogP contribution >= 0.6 is 11.3 Å². The fourth-order valence-electron chi connectivity index (χ4n) is 1.88. The van der Waals surface area contributed by atoms with Crippen LogP contribution in [-0.2, 0) is 16.1 Å². The van der Waals surface area contributed by atoms with Crippen molar-refractivity contribution in [3.05, 3.63) is 27.6 Å². The molecule has 0 bridgehead atoms. The van der Waals surface area contributed by atoms with Gasteiger partial charge in [0.25, 0.3) is 5.56 Å². The van der Waals surface area contributed by atoms with E-state index < -0.39 is 0 Å². The van der Waals surface area contributed by atoms with Crippen LogP contribution in [0.5, 0.6) is 0 Å². The second-order valence-corrected chi connectivity index (χ2v) is 5.17. The maximum atomic E-state index is 11.9. The second kappa shape index (κ2) is 6.62. The van der Waals surface area contributed by atoms with Gasteiger partial charge in [0.1, 0.15) is 10.5 Å². The lowest BCUT2D eigenvalue weighted by Crippen LogP contribution is -2.31. The highest BCUT2D eigenvalue weighted by atomic mass is 32.1. The van der Waals surface area contributed by atoms with Crippen LogP contribution in [0.4, 0.5) is 0 Å². The summed E-state index contributed by atoms with van der Waals surface area (Å²) in [5, 5.41) is 1.84. The van der Waals surface area contributed by atoms with Gasteiger partial charge in [-0.25, -0.2) is 4.98 Å². The molecule has 0 amide bonds. The van der Waals surface area contributed by atoms with Crippen molar-refractivity contribution in [1.29, 1.82) is 0 Å². The Hall–Kier alpha value is -1.73. The van der Waals surface area contributed by atoms with Crippen molar-refractivity contribution in [3.8, 4) is 0 Å². The smallest absolute Gasteiger partial charge is 0.320 e. The number of aromatic nitrogens is 2. The number of hydrogen-bond acceptors (Lipinski definition) is 6. The van der Waals surface area contributed by atoms with Gasteiger partial charge in [0.05, 0.1) is 25.2 Å². The summed E-state index contributed by atoms with van der Waals surface area (Å²) in [4.78, 5) is 32.4. The summed E-state index contributed by atoms with van der Waals surface area (Å²) < 4.78 is 5.55. The number of likely N-dealkylation sites (N-methyl/N-ethyl adjacent to an activating group) is 1. The van der Waals surface area contributed by atoms with Crippen molar-refractivity contribution in [2.45, 2.75) is 20.4 Å². The first-order chi connectivity index (χ1) is 9.63. The fourth-order valence-corrected chi connectivity index (χ4v) is 2.60. The third-order valence-electron chi connectivity index (χ3n) is 2.84. The number of carbonyl (C=O) groups is 1. The highest BCUT2D eigenvalue weighted by Gasteiger charge is 2.13. The van der Waals surface area contributed by atoms with E-state index in [1.165, 1.54) is 11.3 Å². The van der Waals surface area contributed by atoms with E-state index in [1.807, 2.05) is 23.3 Å². The van der Waals surface area contributed by atoms with Gasteiger partial charge in [0, 0.05) is 0 Å². The molecule has 2 heterocycles. The van der Waals surface area contributed by atoms with Crippen molar-refractivity contribution in [3.63, 3.8) is 0 Å². The molecule has 0 aliphatic carbocycles. The van der Waals surface area contributed by atoms with Gasteiger partial charge in [-0.3, -0.25) is 14.5 Å². The highest BCUT2D eigenvalue weighted by molar-refractivity contribution is 7.17. The highest BCUT2D eigenvalue weighted by Crippen LogP contribution is 2.14. The van der Waals surface area contributed by atoms with Crippen molar-refractivity contribution in [2.24, 2.45) is 0 Å². The predicted molar refractivity (Wildman–Crippen MR) is 77.8 cm³/mol. The monoisotopic (exact) mass is 295 g/mol. The van der Waals surface area contributed by atoms with Gasteiger partial charge < -0.3 is 9.72 Å². The maximum Gasteiger partial charge on any atom is 0.320 e. The molecule has 0 spiro atoms. The molecule has 2 aromatic rings. The van der Waals surface area contributed by atoms with E-state index in [2.05, 4.69) is 9.97 Å². The number of nitrogens with one attached hydrogen (secondary N) is 1. The van der Waals surface area contributed by atoms with E-state index in [9.17, 15) is 9.59 Å². The molecule has 0 saturated heterocycles. The van der Waals surface area contributed by atoms with Crippen molar-refractivity contribution < 1.29 is 9.53 Å². The summed E-state index contributed by atoms with van der Waals surface area (Å²) in [5.41, 5.74) is 0.563. The summed E-state index contributed by atoms with van der Waals surface area (Å²) >= 11 is 1.37. The lowest BCUT2D eigenvalue weighted by atomic mass is 10.4. The number of rotatable bonds is 6. The first-order valence-corrected chi connectivity index (χ1v) is 7.36. The van der Waals surface area contributed by atoms with Crippen LogP contribution in [-0.4, -0.2) is 40.5 Å². The summed E-state index contributed by atoms with van der Waals surface area (Å²) in [5.74, 6) is 0.292. The van der Waals surface area contributed by atoms with Gasteiger partial charge in [0.2, 0.25) is 0 Å². The minimum atomic E-state index is -0.270. The SMILES string of the molecule is CCOC(=O)CN(CC)Cc1nc2ccsc2c(=O)[nH]1. The number of hydrogen-bond donors (Lipinski definition) is 1. The average Bonchev–Trinajstić information content (AvgIpc) is 2.87. The van der Waals surface area contributed by atoms with E-state index in [0.29, 0.717) is 35.7 Å². The quantitative estimate of drug-likeness (QED) is 0.815. The molecule has 2 rings (SSSR count). The molecular formula is C13H17N3O3S. The molecule has 2 aromatic heterocycles. The molecule has 0 radical (unpaired) electrons. The van der Waals surface area contributed by atoms with Gasteiger partial charge in [-0.2, -0.15) is 0 Å². The third kappa shape index (κ3) is 3.43. The third-order valence-corrected chi connectivity index (χ3v) is 3.74. The first-order valence-electron chi connectivity index (χ1n) is 6.48. The average molecular weight is 295 g/mol. The minimum absolute atomic E-state index is 0.132. The van der Waals surface area contributed by atoms with Gasteiger partial charge >= 0.3 is 5.97 Å². The molecule has 0 saturated carbocycles. The van der Waals surface area contributed by atoms with Crippen LogP contribution < -0.4 is 5.56 Å². The Morgan fingerprint density at radius 1 is 1.50 bits per heavy atom. The zero-order valence-corrected chi connectivity index (χ0v) is 12.3. The van der Waals surface area contributed by atoms with Gasteiger partial charge in [0.15, 0.2) is 0 Å². The second-order valence-electron chi connectivity index (χ2n) is 4.26. The fraction of sp³-hybridized carbons (Fsp3) is 0.462. The Bertz CT molecular complexity index is 650. The van der Waals surface area contributed by atoms with Gasteiger partial charge in [-0.05, 0) is 24.9 Å². The number of fused-ring (bicyclic) bond motifs is 1. The standard InChI is InChI=1S/C13H17N3O3S/c1-3-16(8-11(17)19-4-2)7-10-14-9-5-6-20-12(9)13(18)15-10/h5-6H,3-4,7-8H2,1-2H3,(H,14,15,18). The largest absolute Gasteiger partial charge is 0.465 e. The molecule has 108 valence electrons. The summed E-state index contributed by atoms with van der Waals surface area (Å²) in [7, 11) is 0. The number of aromatic amines is 1. The Kier molecular flexibility index (Phi) is 4.86. The molecule has 7 heteroatoms. The topological polar surface area (TPSA) is 75.3 Å². The Morgan fingerprint density at radius 3 is 3.00 bits per heavy atom. The lowest BCUT2D eigenvalue weighted by Gasteiger charge is -2.18. The summed E-state index contributed by atoms with van der Waals surface area (Å²) in [6.07, 6.45) is 0. The normalized spacial score (nSPS) is 11.2. The first kappa shape index (κ1) is 14.7. The molecule has 1 N–H and O–H groups in total. The van der Waals surface area contributed by atoms with Crippen LogP contribution in [0.3, 0.4) is 0 Å². The Balaban J connectivity index is 2.12. The van der Waals surface area contributed by atoms with E-state index in [-0.39, 0.29) is 18.1 Å². The zero-order valence-electron chi connectivity index (χ0n) is 11.5. The van der Waals surface area contributed by atoms with E-state index >= 15 is 0 Å². The number of carbonyl (C=O) groups excluding carboxylic acids is 1. The van der Waals surface area contributed by atoms with E-state index in [4.69, 9.17) is 4.74 Å². The molecule has 0 aliphatic heterocycles. The van der Waals surface area contributed by atoms with Gasteiger partial charge in [-0.1, -0.05) is 6.92 Å². The zero-order chi connectivity index (χ0) is 14.5. The molecule has 0 atom stereocenters. The number of thiophene rings is 1. The Morgan fingerprint density at radius 2 is 2.30 bits per heavy atom. The number of ether oxygens (including phenoxy) is 1. The van der Waals surface area contributed by atoms with Crippen LogP contribution in [0.1, 0.15) is 19.7 Å². The number of H-pyrrole nitrogens is 1. The van der Waals surface area contributed by atoms with Crippen molar-refractivity contribution in [1.82, 2.24) is 14.9 Å². The molecule has 20 heavy (non-hydrogen) atoms. The molecular weight excluding hydrogens is 278 g/mol. The number of esters is 1. The Labute approximate surface area is 120 Å². The van der Waals surface area contributed by atoms with Crippen LogP contribution in [0, 0.1) is 0 Å².